The lowest BCUT2D eigenvalue weighted by Crippen LogP contribution is -2.31. The highest BCUT2D eigenvalue weighted by Crippen LogP contribution is 2.40. The van der Waals surface area contributed by atoms with Gasteiger partial charge in [-0.1, -0.05) is 0 Å². The molecule has 8 heteroatoms. The number of hydrogen-bond donors (Lipinski definition) is 1. The number of fused-ring (bicyclic) bond motifs is 1. The number of carbonyl (C=O) groups excluding carboxylic acids is 2. The molecule has 1 aliphatic carbocycles. The Kier molecular flexibility index (Phi) is 3.08. The molecule has 0 spiro atoms. The first-order chi connectivity index (χ1) is 11.1. The monoisotopic (exact) mass is 314 g/mol. The molecule has 23 heavy (non-hydrogen) atoms. The zero-order valence-corrected chi connectivity index (χ0v) is 13.1. The third-order valence-corrected chi connectivity index (χ3v) is 4.28. The summed E-state index contributed by atoms with van der Waals surface area (Å²) in [6.07, 6.45) is 6.15. The van der Waals surface area contributed by atoms with E-state index in [-0.39, 0.29) is 18.5 Å². The molecule has 1 saturated heterocycles. The smallest absolute Gasteiger partial charge is 0.314 e. The maximum atomic E-state index is 12.3. The summed E-state index contributed by atoms with van der Waals surface area (Å²) in [6, 6.07) is -0.351. The Labute approximate surface area is 133 Å². The largest absolute Gasteiger partial charge is 0.332 e. The summed E-state index contributed by atoms with van der Waals surface area (Å²) in [5.41, 5.74) is 2.43. The van der Waals surface area contributed by atoms with Gasteiger partial charge < -0.3 is 9.72 Å². The van der Waals surface area contributed by atoms with E-state index in [0.29, 0.717) is 23.9 Å². The topological polar surface area (TPSA) is 82.8 Å². The van der Waals surface area contributed by atoms with Gasteiger partial charge >= 0.3 is 6.03 Å². The molecular formula is C15H18N6O2. The van der Waals surface area contributed by atoms with Crippen molar-refractivity contribution in [2.24, 2.45) is 0 Å². The van der Waals surface area contributed by atoms with Crippen LogP contribution in [0.2, 0.25) is 0 Å². The average Bonchev–Trinajstić information content (AvgIpc) is 3.25. The van der Waals surface area contributed by atoms with Gasteiger partial charge in [0.05, 0.1) is 11.4 Å². The van der Waals surface area contributed by atoms with Crippen molar-refractivity contribution in [3.63, 3.8) is 0 Å². The van der Waals surface area contributed by atoms with Gasteiger partial charge in [-0.05, 0) is 19.9 Å². The molecule has 1 aliphatic heterocycles. The van der Waals surface area contributed by atoms with Gasteiger partial charge in [-0.3, -0.25) is 14.6 Å². The number of rotatable bonds is 4. The van der Waals surface area contributed by atoms with E-state index in [1.54, 1.807) is 0 Å². The molecule has 1 N–H and O–H groups in total. The minimum absolute atomic E-state index is 0.0142. The zero-order chi connectivity index (χ0) is 16.1. The van der Waals surface area contributed by atoms with Crippen LogP contribution < -0.4 is 10.2 Å². The zero-order valence-electron chi connectivity index (χ0n) is 13.1. The van der Waals surface area contributed by atoms with Gasteiger partial charge in [-0.25, -0.2) is 14.8 Å². The van der Waals surface area contributed by atoms with E-state index >= 15 is 0 Å². The molecule has 2 aromatic heterocycles. The van der Waals surface area contributed by atoms with E-state index in [1.165, 1.54) is 11.9 Å². The summed E-state index contributed by atoms with van der Waals surface area (Å²) < 4.78 is 1.92. The number of amides is 3. The summed E-state index contributed by atoms with van der Waals surface area (Å²) in [7, 11) is 3.35. The standard InChI is InChI=1S/C15H18N6O2/c1-16-5-10-6-20-7-11(9-3-4-9)18-14(13(20)17-10)21-8-12(22)19(2)15(21)23/h6-7,9,16H,3-5,8H2,1-2H3. The molecule has 1 saturated carbocycles. The fourth-order valence-corrected chi connectivity index (χ4v) is 2.84. The van der Waals surface area contributed by atoms with Crippen molar-refractivity contribution in [1.82, 2.24) is 24.6 Å². The molecule has 2 fully saturated rings. The second kappa shape index (κ2) is 5.02. The first-order valence-electron chi connectivity index (χ1n) is 7.69. The van der Waals surface area contributed by atoms with Crippen molar-refractivity contribution >= 4 is 23.4 Å². The van der Waals surface area contributed by atoms with Crippen LogP contribution in [0, 0.1) is 0 Å². The van der Waals surface area contributed by atoms with Crippen LogP contribution >= 0.6 is 0 Å². The van der Waals surface area contributed by atoms with Crippen molar-refractivity contribution in [3.8, 4) is 0 Å². The van der Waals surface area contributed by atoms with Crippen molar-refractivity contribution in [1.29, 1.82) is 0 Å². The highest BCUT2D eigenvalue weighted by Gasteiger charge is 2.37. The molecule has 120 valence electrons. The SMILES string of the molecule is CNCc1cn2cc(C3CC3)nc(N3CC(=O)N(C)C3=O)c2n1. The van der Waals surface area contributed by atoms with Crippen molar-refractivity contribution < 1.29 is 9.59 Å². The number of nitrogens with one attached hydrogen (secondary N) is 1. The molecule has 0 atom stereocenters. The lowest BCUT2D eigenvalue weighted by atomic mass is 10.3. The van der Waals surface area contributed by atoms with Crippen LogP contribution in [-0.4, -0.2) is 51.8 Å². The summed E-state index contributed by atoms with van der Waals surface area (Å²) in [5, 5.41) is 3.07. The molecule has 0 bridgehead atoms. The maximum absolute atomic E-state index is 12.3. The van der Waals surface area contributed by atoms with E-state index in [1.807, 2.05) is 23.8 Å². The predicted octanol–water partition coefficient (Wildman–Crippen LogP) is 0.724. The highest BCUT2D eigenvalue weighted by molar-refractivity contribution is 6.12. The Morgan fingerprint density at radius 2 is 2.04 bits per heavy atom. The summed E-state index contributed by atoms with van der Waals surface area (Å²) >= 11 is 0. The van der Waals surface area contributed by atoms with Crippen LogP contribution in [0.25, 0.3) is 5.65 Å². The summed E-state index contributed by atoms with van der Waals surface area (Å²) in [6.45, 7) is 0.646. The van der Waals surface area contributed by atoms with Gasteiger partial charge in [0.1, 0.15) is 6.54 Å². The van der Waals surface area contributed by atoms with Gasteiger partial charge in [0, 0.05) is 31.9 Å². The number of aromatic nitrogens is 3. The first kappa shape index (κ1) is 14.1. The molecular weight excluding hydrogens is 296 g/mol. The number of imide groups is 1. The molecule has 2 aliphatic rings. The highest BCUT2D eigenvalue weighted by atomic mass is 16.2. The van der Waals surface area contributed by atoms with Crippen LogP contribution in [0.1, 0.15) is 30.1 Å². The Balaban J connectivity index is 1.86. The second-order valence-corrected chi connectivity index (χ2v) is 6.08. The Morgan fingerprint density at radius 3 is 2.65 bits per heavy atom. The normalized spacial score (nSPS) is 18.5. The number of urea groups is 1. The number of imidazole rings is 1. The van der Waals surface area contributed by atoms with Gasteiger partial charge in [0.15, 0.2) is 11.5 Å². The van der Waals surface area contributed by atoms with Crippen molar-refractivity contribution in [2.75, 3.05) is 25.5 Å². The molecule has 8 nitrogen and oxygen atoms in total. The minimum Gasteiger partial charge on any atom is -0.314 e. The minimum atomic E-state index is -0.351. The predicted molar refractivity (Wildman–Crippen MR) is 83.2 cm³/mol. The Morgan fingerprint density at radius 1 is 1.26 bits per heavy atom. The Hall–Kier alpha value is -2.48. The fourth-order valence-electron chi connectivity index (χ4n) is 2.84. The molecule has 3 amide bonds. The first-order valence-corrected chi connectivity index (χ1v) is 7.69. The molecule has 3 heterocycles. The van der Waals surface area contributed by atoms with Gasteiger partial charge in [0.2, 0.25) is 0 Å². The number of anilines is 1. The van der Waals surface area contributed by atoms with Crippen LogP contribution in [0.4, 0.5) is 10.6 Å². The third kappa shape index (κ3) is 2.26. The Bertz CT molecular complexity index is 810. The van der Waals surface area contributed by atoms with Gasteiger partial charge in [-0.15, -0.1) is 0 Å². The van der Waals surface area contributed by atoms with E-state index in [9.17, 15) is 9.59 Å². The van der Waals surface area contributed by atoms with Gasteiger partial charge in [0.25, 0.3) is 5.91 Å². The molecule has 4 rings (SSSR count). The van der Waals surface area contributed by atoms with Gasteiger partial charge in [-0.2, -0.15) is 0 Å². The lowest BCUT2D eigenvalue weighted by molar-refractivity contribution is -0.123. The van der Waals surface area contributed by atoms with E-state index in [2.05, 4.69) is 15.3 Å². The van der Waals surface area contributed by atoms with Crippen LogP contribution in [-0.2, 0) is 11.3 Å². The summed E-state index contributed by atoms with van der Waals surface area (Å²) in [5.74, 6) is 0.688. The number of carbonyl (C=O) groups is 2. The van der Waals surface area contributed by atoms with E-state index in [4.69, 9.17) is 0 Å². The average molecular weight is 314 g/mol. The van der Waals surface area contributed by atoms with Crippen LogP contribution in [0.15, 0.2) is 12.4 Å². The number of hydrogen-bond acceptors (Lipinski definition) is 5. The van der Waals surface area contributed by atoms with E-state index < -0.39 is 0 Å². The lowest BCUT2D eigenvalue weighted by Gasteiger charge is -2.15. The molecule has 2 aromatic rings. The molecule has 0 radical (unpaired) electrons. The summed E-state index contributed by atoms with van der Waals surface area (Å²) in [4.78, 5) is 35.9. The quantitative estimate of drug-likeness (QED) is 0.841. The van der Waals surface area contributed by atoms with Crippen LogP contribution in [0.3, 0.4) is 0 Å². The molecule has 0 unspecified atom stereocenters. The van der Waals surface area contributed by atoms with Crippen molar-refractivity contribution in [3.05, 3.63) is 23.8 Å². The second-order valence-electron chi connectivity index (χ2n) is 6.08. The number of likely N-dealkylation sites (N-methyl/N-ethyl adjacent to an activating group) is 1. The van der Waals surface area contributed by atoms with Crippen LogP contribution in [0.5, 0.6) is 0 Å². The van der Waals surface area contributed by atoms with E-state index in [0.717, 1.165) is 29.1 Å². The molecule has 0 aromatic carbocycles. The fraction of sp³-hybridized carbons (Fsp3) is 0.467. The third-order valence-electron chi connectivity index (χ3n) is 4.28. The van der Waals surface area contributed by atoms with Crippen molar-refractivity contribution in [2.45, 2.75) is 25.3 Å². The number of nitrogens with zero attached hydrogens (tertiary/aromatic N) is 5. The maximum Gasteiger partial charge on any atom is 0.332 e.